The van der Waals surface area contributed by atoms with Gasteiger partial charge in [0.25, 0.3) is 0 Å². The molecule has 17 heavy (non-hydrogen) atoms. The third kappa shape index (κ3) is 2.45. The smallest absolute Gasteiger partial charge is 0.184 e. The number of piperidine rings is 1. The van der Waals surface area contributed by atoms with Gasteiger partial charge in [0.05, 0.1) is 13.2 Å². The van der Waals surface area contributed by atoms with Crippen molar-refractivity contribution >= 4 is 5.69 Å². The lowest BCUT2D eigenvalue weighted by Crippen LogP contribution is -2.29. The number of rotatable bonds is 2. The third-order valence-electron chi connectivity index (χ3n) is 3.51. The first-order valence-corrected chi connectivity index (χ1v) is 6.51. The molecule has 2 saturated heterocycles. The number of benzene rings is 1. The molecule has 0 spiro atoms. The minimum absolute atomic E-state index is 0.148. The van der Waals surface area contributed by atoms with Crippen molar-refractivity contribution in [2.45, 2.75) is 25.6 Å². The van der Waals surface area contributed by atoms with Crippen LogP contribution in [0.5, 0.6) is 0 Å². The fourth-order valence-corrected chi connectivity index (χ4v) is 2.55. The molecule has 1 aromatic rings. The van der Waals surface area contributed by atoms with E-state index in [-0.39, 0.29) is 6.29 Å². The molecule has 3 rings (SSSR count). The van der Waals surface area contributed by atoms with Crippen LogP contribution in [0.1, 0.15) is 31.1 Å². The van der Waals surface area contributed by atoms with Gasteiger partial charge < -0.3 is 14.4 Å². The number of hydrogen-bond donors (Lipinski definition) is 0. The van der Waals surface area contributed by atoms with E-state index in [9.17, 15) is 0 Å². The normalized spacial score (nSPS) is 22.0. The van der Waals surface area contributed by atoms with Gasteiger partial charge in [-0.25, -0.2) is 0 Å². The highest BCUT2D eigenvalue weighted by atomic mass is 16.7. The number of ether oxygens (including phenoxy) is 2. The van der Waals surface area contributed by atoms with Crippen LogP contribution in [0.4, 0.5) is 5.69 Å². The van der Waals surface area contributed by atoms with Gasteiger partial charge in [0, 0.05) is 24.3 Å². The molecule has 2 aliphatic rings. The van der Waals surface area contributed by atoms with Crippen LogP contribution in [0.3, 0.4) is 0 Å². The Morgan fingerprint density at radius 3 is 2.18 bits per heavy atom. The molecule has 1 aromatic carbocycles. The van der Waals surface area contributed by atoms with Gasteiger partial charge in [-0.1, -0.05) is 12.1 Å². The molecular formula is C14H19NO2. The lowest BCUT2D eigenvalue weighted by atomic mass is 10.1. The zero-order chi connectivity index (χ0) is 11.5. The topological polar surface area (TPSA) is 21.7 Å². The highest BCUT2D eigenvalue weighted by Gasteiger charge is 2.18. The van der Waals surface area contributed by atoms with Gasteiger partial charge in [-0.05, 0) is 31.4 Å². The Hall–Kier alpha value is -1.06. The van der Waals surface area contributed by atoms with E-state index in [0.717, 1.165) is 5.56 Å². The summed E-state index contributed by atoms with van der Waals surface area (Å²) in [5.74, 6) is 0. The first-order valence-electron chi connectivity index (χ1n) is 6.51. The molecule has 0 bridgehead atoms. The average Bonchev–Trinajstić information content (AvgIpc) is 2.94. The molecular weight excluding hydrogens is 214 g/mol. The summed E-state index contributed by atoms with van der Waals surface area (Å²) in [4.78, 5) is 2.46. The van der Waals surface area contributed by atoms with Gasteiger partial charge in [0.15, 0.2) is 6.29 Å². The summed E-state index contributed by atoms with van der Waals surface area (Å²) in [5.41, 5.74) is 2.45. The quantitative estimate of drug-likeness (QED) is 0.784. The minimum Gasteiger partial charge on any atom is -0.372 e. The summed E-state index contributed by atoms with van der Waals surface area (Å²) in [7, 11) is 0. The highest BCUT2D eigenvalue weighted by Crippen LogP contribution is 2.26. The van der Waals surface area contributed by atoms with Crippen LogP contribution < -0.4 is 4.90 Å². The van der Waals surface area contributed by atoms with Gasteiger partial charge in [0.1, 0.15) is 0 Å². The number of nitrogens with zero attached hydrogens (tertiary/aromatic N) is 1. The molecule has 0 amide bonds. The first kappa shape index (κ1) is 11.1. The Balaban J connectivity index is 1.70. The van der Waals surface area contributed by atoms with Crippen molar-refractivity contribution in [1.29, 1.82) is 0 Å². The zero-order valence-corrected chi connectivity index (χ0v) is 10.1. The molecule has 92 valence electrons. The Bertz CT molecular complexity index is 351. The molecule has 0 N–H and O–H groups in total. The molecule has 2 fully saturated rings. The van der Waals surface area contributed by atoms with Crippen LogP contribution in [0.25, 0.3) is 0 Å². The maximum Gasteiger partial charge on any atom is 0.184 e. The van der Waals surface area contributed by atoms with Crippen molar-refractivity contribution in [2.24, 2.45) is 0 Å². The van der Waals surface area contributed by atoms with Crippen molar-refractivity contribution < 1.29 is 9.47 Å². The monoisotopic (exact) mass is 233 g/mol. The fourth-order valence-electron chi connectivity index (χ4n) is 2.55. The van der Waals surface area contributed by atoms with Crippen LogP contribution in [-0.4, -0.2) is 26.3 Å². The van der Waals surface area contributed by atoms with Gasteiger partial charge in [-0.2, -0.15) is 0 Å². The van der Waals surface area contributed by atoms with E-state index in [1.807, 2.05) is 0 Å². The van der Waals surface area contributed by atoms with Gasteiger partial charge in [0.2, 0.25) is 0 Å². The molecule has 0 atom stereocenters. The van der Waals surface area contributed by atoms with Crippen molar-refractivity contribution in [3.8, 4) is 0 Å². The van der Waals surface area contributed by atoms with Crippen LogP contribution in [0.15, 0.2) is 24.3 Å². The average molecular weight is 233 g/mol. The second-order valence-corrected chi connectivity index (χ2v) is 4.71. The summed E-state index contributed by atoms with van der Waals surface area (Å²) in [5, 5.41) is 0. The van der Waals surface area contributed by atoms with Gasteiger partial charge in [-0.3, -0.25) is 0 Å². The molecule has 3 nitrogen and oxygen atoms in total. The summed E-state index contributed by atoms with van der Waals surface area (Å²) < 4.78 is 11.0. The van der Waals surface area contributed by atoms with Crippen molar-refractivity contribution in [2.75, 3.05) is 31.2 Å². The van der Waals surface area contributed by atoms with Crippen molar-refractivity contribution in [3.63, 3.8) is 0 Å². The molecule has 3 heteroatoms. The molecule has 2 heterocycles. The fraction of sp³-hybridized carbons (Fsp3) is 0.571. The largest absolute Gasteiger partial charge is 0.372 e. The Kier molecular flexibility index (Phi) is 3.29. The summed E-state index contributed by atoms with van der Waals surface area (Å²) in [6, 6.07) is 8.62. The highest BCUT2D eigenvalue weighted by molar-refractivity contribution is 5.48. The molecule has 0 aliphatic carbocycles. The predicted molar refractivity (Wildman–Crippen MR) is 67.2 cm³/mol. The second-order valence-electron chi connectivity index (χ2n) is 4.71. The SMILES string of the molecule is c1cc(N2CCCCC2)ccc1C1OCCO1. The molecule has 0 saturated carbocycles. The van der Waals surface area contributed by atoms with E-state index in [1.54, 1.807) is 0 Å². The van der Waals surface area contributed by atoms with Crippen LogP contribution in [0, 0.1) is 0 Å². The lowest BCUT2D eigenvalue weighted by molar-refractivity contribution is -0.0441. The summed E-state index contributed by atoms with van der Waals surface area (Å²) >= 11 is 0. The number of hydrogen-bond acceptors (Lipinski definition) is 3. The van der Waals surface area contributed by atoms with E-state index in [0.29, 0.717) is 13.2 Å². The lowest BCUT2D eigenvalue weighted by Gasteiger charge is -2.29. The maximum absolute atomic E-state index is 5.49. The molecule has 0 unspecified atom stereocenters. The van der Waals surface area contributed by atoms with E-state index < -0.39 is 0 Å². The van der Waals surface area contributed by atoms with Gasteiger partial charge >= 0.3 is 0 Å². The Labute approximate surface area is 102 Å². The first-order chi connectivity index (χ1) is 8.43. The van der Waals surface area contributed by atoms with Crippen molar-refractivity contribution in [1.82, 2.24) is 0 Å². The molecule has 2 aliphatic heterocycles. The summed E-state index contributed by atoms with van der Waals surface area (Å²) in [6.07, 6.45) is 3.86. The standard InChI is InChI=1S/C14H19NO2/c1-2-8-15(9-3-1)13-6-4-12(5-7-13)14-16-10-11-17-14/h4-7,14H,1-3,8-11H2. The summed E-state index contributed by atoms with van der Waals surface area (Å²) in [6.45, 7) is 3.79. The zero-order valence-electron chi connectivity index (χ0n) is 10.1. The van der Waals surface area contributed by atoms with Crippen LogP contribution >= 0.6 is 0 Å². The van der Waals surface area contributed by atoms with E-state index in [1.165, 1.54) is 38.0 Å². The Morgan fingerprint density at radius 2 is 1.53 bits per heavy atom. The van der Waals surface area contributed by atoms with Crippen molar-refractivity contribution in [3.05, 3.63) is 29.8 Å². The van der Waals surface area contributed by atoms with E-state index >= 15 is 0 Å². The predicted octanol–water partition coefficient (Wildman–Crippen LogP) is 2.72. The molecule has 0 aromatic heterocycles. The Morgan fingerprint density at radius 1 is 0.882 bits per heavy atom. The third-order valence-corrected chi connectivity index (χ3v) is 3.51. The van der Waals surface area contributed by atoms with Crippen LogP contribution in [-0.2, 0) is 9.47 Å². The van der Waals surface area contributed by atoms with Gasteiger partial charge in [-0.15, -0.1) is 0 Å². The molecule has 0 radical (unpaired) electrons. The minimum atomic E-state index is -0.148. The van der Waals surface area contributed by atoms with Crippen LogP contribution in [0.2, 0.25) is 0 Å². The van der Waals surface area contributed by atoms with E-state index in [2.05, 4.69) is 29.2 Å². The van der Waals surface area contributed by atoms with E-state index in [4.69, 9.17) is 9.47 Å². The maximum atomic E-state index is 5.49. The number of anilines is 1. The second kappa shape index (κ2) is 5.07.